The molecule has 29 heavy (non-hydrogen) atoms. The molecule has 1 aliphatic rings. The Morgan fingerprint density at radius 2 is 1.86 bits per heavy atom. The first-order valence-corrected chi connectivity index (χ1v) is 11.6. The first kappa shape index (κ1) is 21.6. The van der Waals surface area contributed by atoms with Gasteiger partial charge in [-0.3, -0.25) is 0 Å². The molecule has 158 valence electrons. The second-order valence-corrected chi connectivity index (χ2v) is 8.47. The molecule has 0 atom stereocenters. The van der Waals surface area contributed by atoms with Gasteiger partial charge in [0.2, 0.25) is 0 Å². The highest BCUT2D eigenvalue weighted by Gasteiger charge is 2.16. The van der Waals surface area contributed by atoms with Gasteiger partial charge in [0.25, 0.3) is 0 Å². The van der Waals surface area contributed by atoms with Crippen LogP contribution in [0.25, 0.3) is 0 Å². The quantitative estimate of drug-likeness (QED) is 0.513. The molecular weight excluding hydrogens is 380 g/mol. The summed E-state index contributed by atoms with van der Waals surface area (Å²) in [6, 6.07) is 8.66. The number of likely N-dealkylation sites (N-methyl/N-ethyl adjacent to an activating group) is 1. The summed E-state index contributed by atoms with van der Waals surface area (Å²) < 4.78 is 0. The zero-order chi connectivity index (χ0) is 20.5. The van der Waals surface area contributed by atoms with Crippen LogP contribution in [0, 0.1) is 0 Å². The van der Waals surface area contributed by atoms with Crippen molar-refractivity contribution in [2.75, 3.05) is 44.2 Å². The van der Waals surface area contributed by atoms with Crippen molar-refractivity contribution in [3.05, 3.63) is 45.8 Å². The van der Waals surface area contributed by atoms with Gasteiger partial charge >= 0.3 is 0 Å². The minimum absolute atomic E-state index is 0.643. The first-order valence-electron chi connectivity index (χ1n) is 10.7. The number of anilines is 1. The van der Waals surface area contributed by atoms with Crippen LogP contribution in [0.3, 0.4) is 0 Å². The molecule has 2 aromatic heterocycles. The predicted octanol–water partition coefficient (Wildman–Crippen LogP) is 3.10. The number of aliphatic imine (C=N–C) groups is 1. The van der Waals surface area contributed by atoms with E-state index in [1.807, 2.05) is 17.5 Å². The minimum Gasteiger partial charge on any atom is -0.357 e. The summed E-state index contributed by atoms with van der Waals surface area (Å²) in [5.74, 6) is 1.92. The normalized spacial score (nSPS) is 15.6. The van der Waals surface area contributed by atoms with Gasteiger partial charge in [-0.25, -0.2) is 9.98 Å². The van der Waals surface area contributed by atoms with Crippen molar-refractivity contribution >= 4 is 23.1 Å². The molecule has 0 spiro atoms. The van der Waals surface area contributed by atoms with Crippen molar-refractivity contribution in [3.8, 4) is 0 Å². The number of guanidine groups is 1. The molecule has 1 aliphatic heterocycles. The van der Waals surface area contributed by atoms with E-state index < -0.39 is 0 Å². The average molecular weight is 415 g/mol. The topological polar surface area (TPSA) is 55.8 Å². The lowest BCUT2D eigenvalue weighted by atomic mass is 10.2. The first-order chi connectivity index (χ1) is 14.2. The highest BCUT2D eigenvalue weighted by Crippen LogP contribution is 2.17. The molecule has 2 aromatic rings. The smallest absolute Gasteiger partial charge is 0.191 e. The van der Waals surface area contributed by atoms with Gasteiger partial charge in [0.05, 0.1) is 13.1 Å². The summed E-state index contributed by atoms with van der Waals surface area (Å²) in [5, 5.41) is 6.80. The lowest BCUT2D eigenvalue weighted by Gasteiger charge is -2.34. The fourth-order valence-electron chi connectivity index (χ4n) is 3.42. The van der Waals surface area contributed by atoms with Crippen LogP contribution in [0.5, 0.6) is 0 Å². The summed E-state index contributed by atoms with van der Waals surface area (Å²) in [6.07, 6.45) is 3.00. The van der Waals surface area contributed by atoms with E-state index in [0.717, 1.165) is 64.0 Å². The Morgan fingerprint density at radius 1 is 1.07 bits per heavy atom. The third-order valence-corrected chi connectivity index (χ3v) is 6.44. The zero-order valence-corrected chi connectivity index (χ0v) is 18.8. The van der Waals surface area contributed by atoms with Gasteiger partial charge in [0.1, 0.15) is 5.82 Å². The van der Waals surface area contributed by atoms with E-state index in [1.54, 1.807) is 0 Å². The van der Waals surface area contributed by atoms with Crippen molar-refractivity contribution in [1.82, 2.24) is 20.5 Å². The SMILES string of the molecule is CCNC(=NCc1ccnc(N2CCN(CC)CC2)c1)NCc1ccc(CC)s1. The number of aryl methyl sites for hydroxylation is 1. The van der Waals surface area contributed by atoms with E-state index in [2.05, 4.69) is 70.5 Å². The van der Waals surface area contributed by atoms with Gasteiger partial charge in [0, 0.05) is 48.7 Å². The molecule has 0 unspecified atom stereocenters. The van der Waals surface area contributed by atoms with Gasteiger partial charge in [-0.1, -0.05) is 13.8 Å². The van der Waals surface area contributed by atoms with Crippen LogP contribution in [-0.2, 0) is 19.5 Å². The molecule has 1 saturated heterocycles. The maximum Gasteiger partial charge on any atom is 0.191 e. The number of hydrogen-bond acceptors (Lipinski definition) is 5. The van der Waals surface area contributed by atoms with Crippen molar-refractivity contribution in [1.29, 1.82) is 0 Å². The van der Waals surface area contributed by atoms with E-state index in [0.29, 0.717) is 6.54 Å². The fraction of sp³-hybridized carbons (Fsp3) is 0.545. The zero-order valence-electron chi connectivity index (χ0n) is 17.9. The van der Waals surface area contributed by atoms with E-state index in [-0.39, 0.29) is 0 Å². The van der Waals surface area contributed by atoms with E-state index in [9.17, 15) is 0 Å². The Morgan fingerprint density at radius 3 is 2.55 bits per heavy atom. The number of aromatic nitrogens is 1. The van der Waals surface area contributed by atoms with E-state index in [1.165, 1.54) is 15.3 Å². The minimum atomic E-state index is 0.643. The molecule has 1 fully saturated rings. The van der Waals surface area contributed by atoms with Gasteiger partial charge in [-0.05, 0) is 49.7 Å². The molecular formula is C22H34N6S. The fourth-order valence-corrected chi connectivity index (χ4v) is 4.31. The molecule has 0 amide bonds. The van der Waals surface area contributed by atoms with Crippen LogP contribution < -0.4 is 15.5 Å². The highest BCUT2D eigenvalue weighted by molar-refractivity contribution is 7.11. The van der Waals surface area contributed by atoms with Gasteiger partial charge in [-0.15, -0.1) is 11.3 Å². The van der Waals surface area contributed by atoms with E-state index in [4.69, 9.17) is 4.99 Å². The summed E-state index contributed by atoms with van der Waals surface area (Å²) in [5.41, 5.74) is 1.19. The number of nitrogens with one attached hydrogen (secondary N) is 2. The molecule has 3 rings (SSSR count). The molecule has 6 nitrogen and oxygen atoms in total. The standard InChI is InChI=1S/C22H34N6S/c1-4-19-7-8-20(29-19)17-26-22(23-5-2)25-16-18-9-10-24-21(15-18)28-13-11-27(6-3)12-14-28/h7-10,15H,4-6,11-14,16-17H2,1-3H3,(H2,23,25,26). The maximum atomic E-state index is 4.78. The lowest BCUT2D eigenvalue weighted by Crippen LogP contribution is -2.46. The van der Waals surface area contributed by atoms with E-state index >= 15 is 0 Å². The Kier molecular flexibility index (Phi) is 8.31. The number of thiophene rings is 1. The summed E-state index contributed by atoms with van der Waals surface area (Å²) in [6.45, 7) is 14.2. The molecule has 0 bridgehead atoms. The third-order valence-electron chi connectivity index (χ3n) is 5.21. The summed E-state index contributed by atoms with van der Waals surface area (Å²) in [4.78, 5) is 17.0. The van der Waals surface area contributed by atoms with Crippen LogP contribution in [0.4, 0.5) is 5.82 Å². The number of piperazine rings is 1. The van der Waals surface area contributed by atoms with Crippen LogP contribution in [0.2, 0.25) is 0 Å². The number of pyridine rings is 1. The lowest BCUT2D eigenvalue weighted by molar-refractivity contribution is 0.270. The second-order valence-electron chi connectivity index (χ2n) is 7.21. The van der Waals surface area contributed by atoms with Gasteiger partial charge in [0.15, 0.2) is 5.96 Å². The number of nitrogens with zero attached hydrogens (tertiary/aromatic N) is 4. The largest absolute Gasteiger partial charge is 0.357 e. The van der Waals surface area contributed by atoms with Crippen LogP contribution in [-0.4, -0.2) is 55.1 Å². The number of hydrogen-bond donors (Lipinski definition) is 2. The van der Waals surface area contributed by atoms with Crippen molar-refractivity contribution in [2.45, 2.75) is 40.3 Å². The Hall–Kier alpha value is -2.12. The van der Waals surface area contributed by atoms with Gasteiger partial charge < -0.3 is 20.4 Å². The molecule has 7 heteroatoms. The van der Waals surface area contributed by atoms with Crippen molar-refractivity contribution < 1.29 is 0 Å². The average Bonchev–Trinajstić information content (AvgIpc) is 3.24. The van der Waals surface area contributed by atoms with Crippen LogP contribution >= 0.6 is 11.3 Å². The number of rotatable bonds is 8. The van der Waals surface area contributed by atoms with Gasteiger partial charge in [-0.2, -0.15) is 0 Å². The Labute approximate surface area is 179 Å². The Bertz CT molecular complexity index is 779. The van der Waals surface area contributed by atoms with Crippen molar-refractivity contribution in [3.63, 3.8) is 0 Å². The molecule has 3 heterocycles. The van der Waals surface area contributed by atoms with Crippen LogP contribution in [0.15, 0.2) is 35.5 Å². The molecule has 2 N–H and O–H groups in total. The predicted molar refractivity (Wildman–Crippen MR) is 124 cm³/mol. The molecule has 0 aromatic carbocycles. The monoisotopic (exact) mass is 414 g/mol. The molecule has 0 saturated carbocycles. The highest BCUT2D eigenvalue weighted by atomic mass is 32.1. The van der Waals surface area contributed by atoms with Crippen molar-refractivity contribution in [2.24, 2.45) is 4.99 Å². The summed E-state index contributed by atoms with van der Waals surface area (Å²) >= 11 is 1.86. The Balaban J connectivity index is 1.58. The third kappa shape index (κ3) is 6.44. The molecule has 0 aliphatic carbocycles. The van der Waals surface area contributed by atoms with Crippen LogP contribution in [0.1, 0.15) is 36.1 Å². The maximum absolute atomic E-state index is 4.78. The second kappa shape index (κ2) is 11.2. The molecule has 0 radical (unpaired) electrons. The summed E-state index contributed by atoms with van der Waals surface area (Å²) in [7, 11) is 0.